The zero-order chi connectivity index (χ0) is 18.0. The number of carbonyl (C=O) groups is 1. The maximum atomic E-state index is 12.2. The topological polar surface area (TPSA) is 110 Å². The van der Waals surface area contributed by atoms with E-state index in [0.717, 1.165) is 25.7 Å². The van der Waals surface area contributed by atoms with E-state index < -0.39 is 14.9 Å². The molecule has 0 spiro atoms. The fraction of sp³-hybridized carbons (Fsp3) is 0.562. The van der Waals surface area contributed by atoms with Crippen LogP contribution in [0.4, 0.5) is 5.69 Å². The minimum absolute atomic E-state index is 0.0548. The van der Waals surface area contributed by atoms with Crippen molar-refractivity contribution in [1.29, 1.82) is 0 Å². The highest BCUT2D eigenvalue weighted by molar-refractivity contribution is 7.90. The van der Waals surface area contributed by atoms with E-state index in [4.69, 9.17) is 0 Å². The Morgan fingerprint density at radius 1 is 1.16 bits per heavy atom. The Bertz CT molecular complexity index is 750. The molecule has 1 aromatic rings. The standard InChI is InChI=1S/C16H21N3O5S/c20-16(13-1-3-14(4-2-13)19(21)22)17-11-12-7-9-18(10-8-12)25(23,24)15-5-6-15/h1-4,12,15H,5-11H2,(H,17,20). The van der Waals surface area contributed by atoms with Gasteiger partial charge >= 0.3 is 0 Å². The molecule has 3 rings (SSSR count). The highest BCUT2D eigenvalue weighted by atomic mass is 32.2. The van der Waals surface area contributed by atoms with E-state index in [9.17, 15) is 23.3 Å². The molecule has 2 aliphatic rings. The van der Waals surface area contributed by atoms with Gasteiger partial charge in [0.2, 0.25) is 10.0 Å². The van der Waals surface area contributed by atoms with Crippen LogP contribution >= 0.6 is 0 Å². The van der Waals surface area contributed by atoms with Crippen molar-refractivity contribution in [3.8, 4) is 0 Å². The molecule has 9 heteroatoms. The summed E-state index contributed by atoms with van der Waals surface area (Å²) in [6.45, 7) is 1.50. The normalized spacial score (nSPS) is 19.5. The molecule has 8 nitrogen and oxygen atoms in total. The summed E-state index contributed by atoms with van der Waals surface area (Å²) in [6.07, 6.45) is 3.00. The number of hydrogen-bond acceptors (Lipinski definition) is 5. The van der Waals surface area contributed by atoms with Crippen LogP contribution in [0.1, 0.15) is 36.0 Å². The van der Waals surface area contributed by atoms with E-state index in [2.05, 4.69) is 5.32 Å². The van der Waals surface area contributed by atoms with Crippen LogP contribution in [0.25, 0.3) is 0 Å². The molecule has 1 saturated heterocycles. The number of nitro benzene ring substituents is 1. The summed E-state index contributed by atoms with van der Waals surface area (Å²) in [6, 6.07) is 5.46. The number of nitrogens with one attached hydrogen (secondary N) is 1. The smallest absolute Gasteiger partial charge is 0.269 e. The molecule has 1 aliphatic heterocycles. The molecule has 25 heavy (non-hydrogen) atoms. The van der Waals surface area contributed by atoms with Crippen LogP contribution in [0, 0.1) is 16.0 Å². The predicted octanol–water partition coefficient (Wildman–Crippen LogP) is 1.53. The lowest BCUT2D eigenvalue weighted by Gasteiger charge is -2.31. The molecule has 0 radical (unpaired) electrons. The van der Waals surface area contributed by atoms with Crippen LogP contribution in [0.5, 0.6) is 0 Å². The van der Waals surface area contributed by atoms with E-state index in [0.29, 0.717) is 25.2 Å². The van der Waals surface area contributed by atoms with E-state index in [1.807, 2.05) is 0 Å². The molecule has 136 valence electrons. The Morgan fingerprint density at radius 3 is 2.28 bits per heavy atom. The van der Waals surface area contributed by atoms with Gasteiger partial charge in [-0.1, -0.05) is 0 Å². The Morgan fingerprint density at radius 2 is 1.76 bits per heavy atom. The first kappa shape index (κ1) is 17.8. The predicted molar refractivity (Wildman–Crippen MR) is 91.7 cm³/mol. The largest absolute Gasteiger partial charge is 0.352 e. The second-order valence-electron chi connectivity index (χ2n) is 6.60. The molecular formula is C16H21N3O5S. The van der Waals surface area contributed by atoms with Crippen molar-refractivity contribution >= 4 is 21.6 Å². The Labute approximate surface area is 146 Å². The Hall–Kier alpha value is -2.00. The van der Waals surface area contributed by atoms with Gasteiger partial charge in [0.15, 0.2) is 0 Å². The number of piperidine rings is 1. The molecule has 1 aliphatic carbocycles. The van der Waals surface area contributed by atoms with Crippen LogP contribution in [-0.2, 0) is 10.0 Å². The van der Waals surface area contributed by atoms with Gasteiger partial charge in [-0.15, -0.1) is 0 Å². The van der Waals surface area contributed by atoms with Crippen molar-refractivity contribution in [3.05, 3.63) is 39.9 Å². The monoisotopic (exact) mass is 367 g/mol. The number of amides is 1. The highest BCUT2D eigenvalue weighted by Crippen LogP contribution is 2.33. The number of carbonyl (C=O) groups excluding carboxylic acids is 1. The summed E-state index contributed by atoms with van der Waals surface area (Å²) < 4.78 is 26.0. The van der Waals surface area contributed by atoms with Crippen LogP contribution < -0.4 is 5.32 Å². The minimum Gasteiger partial charge on any atom is -0.352 e. The molecule has 0 aromatic heterocycles. The summed E-state index contributed by atoms with van der Waals surface area (Å²) in [5, 5.41) is 13.3. The van der Waals surface area contributed by atoms with E-state index in [1.165, 1.54) is 24.3 Å². The zero-order valence-electron chi connectivity index (χ0n) is 13.8. The van der Waals surface area contributed by atoms with Gasteiger partial charge in [0.25, 0.3) is 11.6 Å². The lowest BCUT2D eigenvalue weighted by molar-refractivity contribution is -0.384. The van der Waals surface area contributed by atoms with Gasteiger partial charge in [0.05, 0.1) is 10.2 Å². The van der Waals surface area contributed by atoms with Crippen molar-refractivity contribution in [2.45, 2.75) is 30.9 Å². The number of non-ortho nitro benzene ring substituents is 1. The molecule has 0 atom stereocenters. The quantitative estimate of drug-likeness (QED) is 0.606. The van der Waals surface area contributed by atoms with Gasteiger partial charge in [0, 0.05) is 37.3 Å². The first-order chi connectivity index (χ1) is 11.9. The van der Waals surface area contributed by atoms with Crippen molar-refractivity contribution in [1.82, 2.24) is 9.62 Å². The lowest BCUT2D eigenvalue weighted by Crippen LogP contribution is -2.42. The second kappa shape index (κ2) is 7.09. The molecular weight excluding hydrogens is 346 g/mol. The average molecular weight is 367 g/mol. The average Bonchev–Trinajstić information content (AvgIpc) is 3.46. The molecule has 0 unspecified atom stereocenters. The molecule has 1 aromatic carbocycles. The van der Waals surface area contributed by atoms with Crippen LogP contribution in [-0.4, -0.2) is 48.4 Å². The van der Waals surface area contributed by atoms with E-state index >= 15 is 0 Å². The first-order valence-corrected chi connectivity index (χ1v) is 9.90. The number of sulfonamides is 1. The fourth-order valence-corrected chi connectivity index (χ4v) is 4.89. The van der Waals surface area contributed by atoms with Crippen molar-refractivity contribution in [2.75, 3.05) is 19.6 Å². The highest BCUT2D eigenvalue weighted by Gasteiger charge is 2.41. The van der Waals surface area contributed by atoms with Crippen LogP contribution in [0.2, 0.25) is 0 Å². The fourth-order valence-electron chi connectivity index (χ4n) is 3.02. The van der Waals surface area contributed by atoms with Crippen molar-refractivity contribution in [3.63, 3.8) is 0 Å². The number of nitrogens with zero attached hydrogens (tertiary/aromatic N) is 2. The number of hydrogen-bond donors (Lipinski definition) is 1. The maximum Gasteiger partial charge on any atom is 0.269 e. The molecule has 1 saturated carbocycles. The third kappa shape index (κ3) is 4.16. The Balaban J connectivity index is 1.46. The molecule has 1 heterocycles. The number of benzene rings is 1. The summed E-state index contributed by atoms with van der Waals surface area (Å²) in [4.78, 5) is 22.2. The molecule has 1 amide bonds. The van der Waals surface area contributed by atoms with Crippen LogP contribution in [0.3, 0.4) is 0 Å². The third-order valence-corrected chi connectivity index (χ3v) is 7.17. The first-order valence-electron chi connectivity index (χ1n) is 8.39. The SMILES string of the molecule is O=C(NCC1CCN(S(=O)(=O)C2CC2)CC1)c1ccc([N+](=O)[O-])cc1. The van der Waals surface area contributed by atoms with E-state index in [-0.39, 0.29) is 22.8 Å². The van der Waals surface area contributed by atoms with Gasteiger partial charge in [-0.25, -0.2) is 12.7 Å². The summed E-state index contributed by atoms with van der Waals surface area (Å²) in [5.74, 6) is -0.0319. The van der Waals surface area contributed by atoms with E-state index in [1.54, 1.807) is 4.31 Å². The lowest BCUT2D eigenvalue weighted by atomic mass is 9.98. The van der Waals surface area contributed by atoms with Crippen LogP contribution in [0.15, 0.2) is 24.3 Å². The zero-order valence-corrected chi connectivity index (χ0v) is 14.6. The van der Waals surface area contributed by atoms with Gasteiger partial charge in [0.1, 0.15) is 0 Å². The summed E-state index contributed by atoms with van der Waals surface area (Å²) in [5.41, 5.74) is 0.320. The Kier molecular flexibility index (Phi) is 5.05. The van der Waals surface area contributed by atoms with Gasteiger partial charge in [-0.3, -0.25) is 14.9 Å². The number of nitro groups is 1. The maximum absolute atomic E-state index is 12.2. The third-order valence-electron chi connectivity index (χ3n) is 4.77. The second-order valence-corrected chi connectivity index (χ2v) is 8.81. The van der Waals surface area contributed by atoms with Crippen molar-refractivity contribution in [2.24, 2.45) is 5.92 Å². The van der Waals surface area contributed by atoms with Crippen molar-refractivity contribution < 1.29 is 18.1 Å². The molecule has 0 bridgehead atoms. The summed E-state index contributed by atoms with van der Waals surface area (Å²) in [7, 11) is -3.11. The molecule has 2 fully saturated rings. The molecule has 1 N–H and O–H groups in total. The summed E-state index contributed by atoms with van der Waals surface area (Å²) >= 11 is 0. The van der Waals surface area contributed by atoms with Gasteiger partial charge < -0.3 is 5.32 Å². The number of rotatable bonds is 6. The van der Waals surface area contributed by atoms with Gasteiger partial charge in [-0.05, 0) is 43.7 Å². The van der Waals surface area contributed by atoms with Gasteiger partial charge in [-0.2, -0.15) is 0 Å². The minimum atomic E-state index is -3.11.